The predicted molar refractivity (Wildman–Crippen MR) is 114 cm³/mol. The van der Waals surface area contributed by atoms with Gasteiger partial charge in [-0.25, -0.2) is 13.2 Å². The molecule has 33 heavy (non-hydrogen) atoms. The van der Waals surface area contributed by atoms with Crippen LogP contribution in [0.1, 0.15) is 46.5 Å². The fourth-order valence-corrected chi connectivity index (χ4v) is 5.56. The molecule has 1 heterocycles. The van der Waals surface area contributed by atoms with Crippen molar-refractivity contribution in [1.82, 2.24) is 4.31 Å². The first-order valence-electron chi connectivity index (χ1n) is 10.4. The second kappa shape index (κ2) is 9.64. The monoisotopic (exact) mass is 483 g/mol. The summed E-state index contributed by atoms with van der Waals surface area (Å²) < 4.78 is 70.6. The molecule has 10 heteroatoms. The molecular formula is C23H24F3NO5S. The number of sulfonamides is 1. The summed E-state index contributed by atoms with van der Waals surface area (Å²) in [5.74, 6) is -1.19. The van der Waals surface area contributed by atoms with E-state index in [9.17, 15) is 31.2 Å². The third-order valence-electron chi connectivity index (χ3n) is 5.41. The van der Waals surface area contributed by atoms with Gasteiger partial charge in [-0.2, -0.15) is 17.5 Å². The van der Waals surface area contributed by atoms with Gasteiger partial charge in [0.1, 0.15) is 0 Å². The minimum absolute atomic E-state index is 0.0196. The first-order valence-corrected chi connectivity index (χ1v) is 11.8. The van der Waals surface area contributed by atoms with E-state index >= 15 is 0 Å². The van der Waals surface area contributed by atoms with E-state index in [2.05, 4.69) is 0 Å². The molecule has 0 bridgehead atoms. The van der Waals surface area contributed by atoms with Gasteiger partial charge in [0.25, 0.3) is 0 Å². The highest BCUT2D eigenvalue weighted by atomic mass is 32.2. The van der Waals surface area contributed by atoms with Gasteiger partial charge in [-0.1, -0.05) is 26.0 Å². The number of Topliss-reactive ketones (excluding diaryl/α,β-unsaturated/α-hetero) is 1. The van der Waals surface area contributed by atoms with Gasteiger partial charge in [0.05, 0.1) is 16.0 Å². The van der Waals surface area contributed by atoms with Crippen molar-refractivity contribution in [2.45, 2.75) is 31.3 Å². The normalized spacial score (nSPS) is 19.8. The first kappa shape index (κ1) is 24.9. The van der Waals surface area contributed by atoms with Crippen LogP contribution in [0.4, 0.5) is 13.2 Å². The van der Waals surface area contributed by atoms with Crippen LogP contribution in [0.25, 0.3) is 0 Å². The molecule has 0 saturated carbocycles. The van der Waals surface area contributed by atoms with Gasteiger partial charge in [0.2, 0.25) is 10.0 Å². The lowest BCUT2D eigenvalue weighted by molar-refractivity contribution is -0.137. The number of esters is 1. The van der Waals surface area contributed by atoms with Gasteiger partial charge < -0.3 is 4.74 Å². The molecule has 2 aromatic rings. The molecular weight excluding hydrogens is 459 g/mol. The van der Waals surface area contributed by atoms with E-state index in [0.717, 1.165) is 18.6 Å². The Morgan fingerprint density at radius 1 is 1.00 bits per heavy atom. The van der Waals surface area contributed by atoms with Crippen LogP contribution in [0, 0.1) is 11.8 Å². The molecule has 6 nitrogen and oxygen atoms in total. The molecule has 2 atom stereocenters. The number of nitrogens with zero attached hydrogens (tertiary/aromatic N) is 1. The molecule has 0 aliphatic carbocycles. The number of halogens is 3. The fraction of sp³-hybridized carbons (Fsp3) is 0.391. The van der Waals surface area contributed by atoms with Crippen molar-refractivity contribution in [1.29, 1.82) is 0 Å². The van der Waals surface area contributed by atoms with Crippen molar-refractivity contribution in [2.24, 2.45) is 11.8 Å². The summed E-state index contributed by atoms with van der Waals surface area (Å²) in [6, 6.07) is 8.98. The number of piperidine rings is 1. The summed E-state index contributed by atoms with van der Waals surface area (Å²) in [5, 5.41) is 0. The Bertz CT molecular complexity index is 1120. The van der Waals surface area contributed by atoms with Crippen molar-refractivity contribution in [3.63, 3.8) is 0 Å². The number of ether oxygens (including phenoxy) is 1. The van der Waals surface area contributed by atoms with Crippen LogP contribution in [0.3, 0.4) is 0 Å². The number of rotatable bonds is 6. The molecule has 0 radical (unpaired) electrons. The number of alkyl halides is 3. The van der Waals surface area contributed by atoms with Gasteiger partial charge in [0.15, 0.2) is 12.4 Å². The van der Waals surface area contributed by atoms with Gasteiger partial charge in [-0.3, -0.25) is 4.79 Å². The SMILES string of the molecule is C[C@@H]1C[C@@H](C)CN(S(=O)(=O)c2ccc(C(=O)OCC(=O)c3cccc(C(F)(F)F)c3)cc2)C1. The zero-order valence-electron chi connectivity index (χ0n) is 18.1. The maximum absolute atomic E-state index is 12.9. The van der Waals surface area contributed by atoms with Gasteiger partial charge >= 0.3 is 12.1 Å². The van der Waals surface area contributed by atoms with E-state index < -0.39 is 40.1 Å². The maximum Gasteiger partial charge on any atom is 0.416 e. The van der Waals surface area contributed by atoms with Crippen LogP contribution in [0.15, 0.2) is 53.4 Å². The molecule has 3 rings (SSSR count). The summed E-state index contributed by atoms with van der Waals surface area (Å²) in [5.41, 5.74) is -1.19. The highest BCUT2D eigenvalue weighted by Crippen LogP contribution is 2.30. The molecule has 1 saturated heterocycles. The summed E-state index contributed by atoms with van der Waals surface area (Å²) in [4.78, 5) is 24.4. The van der Waals surface area contributed by atoms with Crippen LogP contribution in [-0.2, 0) is 20.9 Å². The lowest BCUT2D eigenvalue weighted by Gasteiger charge is -2.34. The lowest BCUT2D eigenvalue weighted by atomic mass is 9.94. The van der Waals surface area contributed by atoms with E-state index in [1.165, 1.54) is 34.6 Å². The van der Waals surface area contributed by atoms with Gasteiger partial charge in [-0.05, 0) is 54.7 Å². The quantitative estimate of drug-likeness (QED) is 0.449. The maximum atomic E-state index is 12.9. The molecule has 0 aromatic heterocycles. The van der Waals surface area contributed by atoms with E-state index in [-0.39, 0.29) is 27.9 Å². The van der Waals surface area contributed by atoms with Crippen LogP contribution in [0.2, 0.25) is 0 Å². The summed E-state index contributed by atoms with van der Waals surface area (Å²) >= 11 is 0. The Balaban J connectivity index is 1.64. The Kier molecular flexibility index (Phi) is 7.28. The third kappa shape index (κ3) is 6.00. The van der Waals surface area contributed by atoms with Crippen molar-refractivity contribution >= 4 is 21.8 Å². The number of benzene rings is 2. The second-order valence-electron chi connectivity index (χ2n) is 8.37. The van der Waals surface area contributed by atoms with E-state index in [4.69, 9.17) is 4.74 Å². The number of carbonyl (C=O) groups is 2. The molecule has 0 N–H and O–H groups in total. The Hall–Kier alpha value is -2.72. The Morgan fingerprint density at radius 2 is 1.61 bits per heavy atom. The summed E-state index contributed by atoms with van der Waals surface area (Å²) in [6.45, 7) is 4.10. The first-order chi connectivity index (χ1) is 15.4. The van der Waals surface area contributed by atoms with Gasteiger partial charge in [0, 0.05) is 18.7 Å². The highest BCUT2D eigenvalue weighted by Gasteiger charge is 2.32. The fourth-order valence-electron chi connectivity index (χ4n) is 3.88. The van der Waals surface area contributed by atoms with Gasteiger partial charge in [-0.15, -0.1) is 0 Å². The summed E-state index contributed by atoms with van der Waals surface area (Å²) in [7, 11) is -3.71. The standard InChI is InChI=1S/C23H24F3NO5S/c1-15-10-16(2)13-27(12-15)33(30,31)20-8-6-17(7-9-20)22(29)32-14-21(28)18-4-3-5-19(11-18)23(24,25)26/h3-9,11,15-16H,10,12-14H2,1-2H3/t15-,16-/m1/s1. The number of hydrogen-bond acceptors (Lipinski definition) is 5. The molecule has 1 fully saturated rings. The van der Waals surface area contributed by atoms with E-state index in [1.807, 2.05) is 13.8 Å². The summed E-state index contributed by atoms with van der Waals surface area (Å²) in [6.07, 6.45) is -3.64. The van der Waals surface area contributed by atoms with Crippen LogP contribution < -0.4 is 0 Å². The zero-order valence-corrected chi connectivity index (χ0v) is 18.9. The third-order valence-corrected chi connectivity index (χ3v) is 7.26. The molecule has 1 aliphatic heterocycles. The van der Waals surface area contributed by atoms with E-state index in [0.29, 0.717) is 19.2 Å². The largest absolute Gasteiger partial charge is 0.454 e. The molecule has 0 unspecified atom stereocenters. The smallest absolute Gasteiger partial charge is 0.416 e. The number of ketones is 1. The highest BCUT2D eigenvalue weighted by molar-refractivity contribution is 7.89. The van der Waals surface area contributed by atoms with Crippen molar-refractivity contribution < 1.29 is 35.9 Å². The minimum atomic E-state index is -4.60. The van der Waals surface area contributed by atoms with Crippen molar-refractivity contribution in [3.05, 3.63) is 65.2 Å². The Labute approximate surface area is 190 Å². The molecule has 178 valence electrons. The Morgan fingerprint density at radius 3 is 2.18 bits per heavy atom. The molecule has 0 amide bonds. The topological polar surface area (TPSA) is 80.8 Å². The predicted octanol–water partition coefficient (Wildman–Crippen LogP) is 4.41. The molecule has 0 spiro atoms. The number of hydrogen-bond donors (Lipinski definition) is 0. The van der Waals surface area contributed by atoms with E-state index in [1.54, 1.807) is 0 Å². The zero-order chi connectivity index (χ0) is 24.4. The van der Waals surface area contributed by atoms with Crippen LogP contribution in [-0.4, -0.2) is 44.2 Å². The van der Waals surface area contributed by atoms with Crippen molar-refractivity contribution in [2.75, 3.05) is 19.7 Å². The van der Waals surface area contributed by atoms with Crippen molar-refractivity contribution in [3.8, 4) is 0 Å². The average Bonchev–Trinajstić information content (AvgIpc) is 2.76. The number of carbonyl (C=O) groups excluding carboxylic acids is 2. The molecule has 2 aromatic carbocycles. The average molecular weight is 484 g/mol. The minimum Gasteiger partial charge on any atom is -0.454 e. The molecule has 1 aliphatic rings. The lowest BCUT2D eigenvalue weighted by Crippen LogP contribution is -2.42. The second-order valence-corrected chi connectivity index (χ2v) is 10.3. The van der Waals surface area contributed by atoms with Crippen LogP contribution >= 0.6 is 0 Å². The van der Waals surface area contributed by atoms with Crippen LogP contribution in [0.5, 0.6) is 0 Å².